The molecule has 3 N–H and O–H groups in total. The number of aliphatic hydroxyl groups excluding tert-OH is 2. The zero-order chi connectivity index (χ0) is 61.5. The molecule has 4 aromatic rings. The molecule has 6 atom stereocenters. The Morgan fingerprint density at radius 1 is 0.530 bits per heavy atom. The topological polar surface area (TPSA) is 141 Å². The Bertz CT molecular complexity index is 2460. The minimum absolute atomic E-state index is 0. The minimum atomic E-state index is -2.77. The summed E-state index contributed by atoms with van der Waals surface area (Å²) in [5.74, 6) is 6.66. The van der Waals surface area contributed by atoms with Crippen molar-refractivity contribution in [3.8, 4) is 11.8 Å². The Balaban J connectivity index is 0.00000146. The van der Waals surface area contributed by atoms with Gasteiger partial charge < -0.3 is 43.8 Å². The molecule has 4 aromatic carbocycles. The largest absolute Gasteiger partial charge is 2.00 e. The van der Waals surface area contributed by atoms with Crippen LogP contribution in [0.2, 0.25) is 46.3 Å². The van der Waals surface area contributed by atoms with Gasteiger partial charge in [-0.1, -0.05) is 242 Å². The average molecular weight is 1360 g/mol. The van der Waals surface area contributed by atoms with Crippen LogP contribution in [-0.2, 0) is 41.4 Å². The molecule has 0 saturated heterocycles. The molecule has 83 heavy (non-hydrogen) atoms. The SMILES string of the molecule is C[C@@H](C/C=C\C(O)[C@@H](C)CCCO[Si](C)(C)C(C)(C)C)O[Si](c1ccccc1)(c1ccccc1)C(C)(C)C.C[C@@H](CC#CC(O)[C@@H](C)CCCO[Si](C)(C)C(C)(C)C)O[Si](c1ccccc1)(c1ccccc1)C(C)(C)C.O=[S-](=O)OO.[Ba+2].[CH3-]. The number of benzene rings is 4. The summed E-state index contributed by atoms with van der Waals surface area (Å²) in [4.78, 5) is 0. The second-order valence-electron chi connectivity index (χ2n) is 27.0. The third kappa shape index (κ3) is 25.7. The summed E-state index contributed by atoms with van der Waals surface area (Å²) in [6.45, 7) is 46.6. The van der Waals surface area contributed by atoms with E-state index in [1.165, 1.54) is 20.7 Å². The normalized spacial score (nSPS) is 14.9. The van der Waals surface area contributed by atoms with E-state index in [2.05, 4.69) is 281 Å². The van der Waals surface area contributed by atoms with E-state index in [9.17, 15) is 10.2 Å². The van der Waals surface area contributed by atoms with E-state index in [0.717, 1.165) is 45.3 Å². The van der Waals surface area contributed by atoms with Crippen molar-refractivity contribution >= 4 is 114 Å². The first-order valence-corrected chi connectivity index (χ1v) is 39.9. The van der Waals surface area contributed by atoms with Crippen LogP contribution in [-0.4, -0.2) is 135 Å². The fourth-order valence-corrected chi connectivity index (χ4v) is 20.9. The van der Waals surface area contributed by atoms with Gasteiger partial charge in [-0.05, 0) is 125 Å². The summed E-state index contributed by atoms with van der Waals surface area (Å²) >= 11 is 0. The van der Waals surface area contributed by atoms with Crippen molar-refractivity contribution in [3.63, 3.8) is 0 Å². The van der Waals surface area contributed by atoms with Gasteiger partial charge in [0.2, 0.25) is 0 Å². The van der Waals surface area contributed by atoms with Crippen molar-refractivity contribution in [2.45, 2.75) is 220 Å². The Kier molecular flexibility index (Phi) is 36.5. The van der Waals surface area contributed by atoms with E-state index in [1.54, 1.807) is 0 Å². The molecule has 10 nitrogen and oxygen atoms in total. The molecular weight excluding hydrogens is 1250 g/mol. The molecule has 0 spiro atoms. The van der Waals surface area contributed by atoms with Crippen molar-refractivity contribution in [1.29, 1.82) is 0 Å². The summed E-state index contributed by atoms with van der Waals surface area (Å²) in [7, 11) is -11.4. The van der Waals surface area contributed by atoms with E-state index in [-0.39, 0.29) is 101 Å². The summed E-state index contributed by atoms with van der Waals surface area (Å²) in [6.07, 6.45) is 8.07. The number of aliphatic hydroxyl groups is 2. The van der Waals surface area contributed by atoms with Gasteiger partial charge in [0.05, 0.1) is 23.2 Å². The predicted octanol–water partition coefficient (Wildman–Crippen LogP) is 14.6. The zero-order valence-corrected chi connectivity index (χ0v) is 64.4. The molecule has 0 aliphatic heterocycles. The van der Waals surface area contributed by atoms with Crippen LogP contribution in [0.1, 0.15) is 149 Å². The van der Waals surface area contributed by atoms with E-state index < -0.39 is 56.5 Å². The molecular formula is C67H110BaO10SSi4. The average Bonchev–Trinajstić information content (AvgIpc) is 3.39. The second-order valence-corrected chi connectivity index (χ2v) is 45.7. The molecule has 462 valence electrons. The van der Waals surface area contributed by atoms with Crippen molar-refractivity contribution in [2.24, 2.45) is 11.8 Å². The first-order chi connectivity index (χ1) is 37.5. The molecule has 0 aliphatic rings. The maximum Gasteiger partial charge on any atom is 2.00 e. The third-order valence-electron chi connectivity index (χ3n) is 16.4. The molecule has 0 radical (unpaired) electrons. The van der Waals surface area contributed by atoms with Crippen LogP contribution in [0.25, 0.3) is 0 Å². The quantitative estimate of drug-likeness (QED) is 0.00858. The first kappa shape index (κ1) is 81.2. The van der Waals surface area contributed by atoms with Crippen molar-refractivity contribution in [2.75, 3.05) is 13.2 Å². The number of rotatable bonds is 25. The molecule has 0 saturated carbocycles. The molecule has 0 bridgehead atoms. The van der Waals surface area contributed by atoms with Gasteiger partial charge in [0.15, 0.2) is 16.6 Å². The number of hydrogen-bond donors (Lipinski definition) is 3. The van der Waals surface area contributed by atoms with Gasteiger partial charge in [-0.15, -0.1) is 0 Å². The van der Waals surface area contributed by atoms with Crippen LogP contribution >= 0.6 is 0 Å². The van der Waals surface area contributed by atoms with E-state index in [4.69, 9.17) is 31.4 Å². The monoisotopic (exact) mass is 1360 g/mol. The molecule has 0 aliphatic carbocycles. The van der Waals surface area contributed by atoms with E-state index >= 15 is 0 Å². The van der Waals surface area contributed by atoms with Crippen molar-refractivity contribution in [1.82, 2.24) is 0 Å². The summed E-state index contributed by atoms with van der Waals surface area (Å²) in [5, 5.41) is 34.0. The predicted molar refractivity (Wildman–Crippen MR) is 362 cm³/mol. The first-order valence-electron chi connectivity index (χ1n) is 29.3. The molecule has 0 amide bonds. The maximum absolute atomic E-state index is 10.8. The Hall–Kier alpha value is -1.75. The third-order valence-corrected chi connectivity index (χ3v) is 35.9. The van der Waals surface area contributed by atoms with Crippen LogP contribution in [0.15, 0.2) is 133 Å². The number of hydrogen-bond acceptors (Lipinski definition) is 11. The van der Waals surface area contributed by atoms with Gasteiger partial charge >= 0.3 is 48.9 Å². The minimum Gasteiger partial charge on any atom is -0.417 e. The Labute approximate surface area is 552 Å². The van der Waals surface area contributed by atoms with Crippen LogP contribution in [0, 0.1) is 31.1 Å². The van der Waals surface area contributed by atoms with Crippen LogP contribution in [0.4, 0.5) is 0 Å². The van der Waals surface area contributed by atoms with E-state index in [0.29, 0.717) is 6.42 Å². The van der Waals surface area contributed by atoms with Gasteiger partial charge in [-0.25, -0.2) is 0 Å². The Morgan fingerprint density at radius 3 is 1.14 bits per heavy atom. The van der Waals surface area contributed by atoms with Crippen LogP contribution in [0.5, 0.6) is 0 Å². The van der Waals surface area contributed by atoms with Crippen LogP contribution < -0.4 is 20.7 Å². The van der Waals surface area contributed by atoms with Crippen molar-refractivity contribution in [3.05, 3.63) is 141 Å². The molecule has 4 rings (SSSR count). The molecule has 0 heterocycles. The van der Waals surface area contributed by atoms with Gasteiger partial charge in [0.1, 0.15) is 6.10 Å². The fourth-order valence-electron chi connectivity index (χ4n) is 9.35. The summed E-state index contributed by atoms with van der Waals surface area (Å²) in [5.41, 5.74) is 0. The molecule has 0 fully saturated rings. The fraction of sp³-hybridized carbons (Fsp3) is 0.567. The van der Waals surface area contributed by atoms with Gasteiger partial charge in [-0.2, -0.15) is 0 Å². The van der Waals surface area contributed by atoms with E-state index in [1.807, 2.05) is 6.08 Å². The molecule has 2 unspecified atom stereocenters. The zero-order valence-electron chi connectivity index (χ0n) is 55.1. The van der Waals surface area contributed by atoms with Gasteiger partial charge in [0, 0.05) is 25.7 Å². The van der Waals surface area contributed by atoms with Gasteiger partial charge in [0.25, 0.3) is 16.6 Å². The maximum atomic E-state index is 10.8. The smallest absolute Gasteiger partial charge is 0.417 e. The summed E-state index contributed by atoms with van der Waals surface area (Å²) < 4.78 is 47.3. The van der Waals surface area contributed by atoms with Crippen LogP contribution in [0.3, 0.4) is 0 Å². The molecule has 0 aromatic heterocycles. The Morgan fingerprint density at radius 2 is 0.843 bits per heavy atom. The van der Waals surface area contributed by atoms with Crippen molar-refractivity contribution < 1.29 is 45.9 Å². The standard InChI is InChI=1S/C33H54O3Si2.C33H52O3Si2.CH3.Ba.HO4S/c2*1-27(19-18-26-35-37(9,10)32(3,4)5)31(34)25-17-20-28(2)36-38(33(6,7)8,29-21-13-11-14-22-29)30-23-15-12-16-24-30;;;1-4-5(2)3/h11-17,21-25,27-28,31,34H,18-20,26H2,1-10H3;11-16,21-24,27-28,31,34H,18-20,26H2,1-10H3;1H3;;1H/q;;-1;+2;-1/b25-17-;;;;/t2*27-,28-,31?;;;/m00.../s1. The summed E-state index contributed by atoms with van der Waals surface area (Å²) in [6, 6.07) is 42.9. The molecule has 16 heteroatoms. The van der Waals surface area contributed by atoms with Gasteiger partial charge in [-0.3, -0.25) is 9.59 Å². The second kappa shape index (κ2) is 37.3.